The Morgan fingerprint density at radius 2 is 2.12 bits per heavy atom. The molecule has 3 nitrogen and oxygen atoms in total. The molecule has 0 aliphatic rings. The highest BCUT2D eigenvalue weighted by molar-refractivity contribution is 7.91. The summed E-state index contributed by atoms with van der Waals surface area (Å²) < 4.78 is 36.3. The molecule has 0 aliphatic heterocycles. The lowest BCUT2D eigenvalue weighted by Gasteiger charge is -2.05. The van der Waals surface area contributed by atoms with Crippen LogP contribution in [-0.2, 0) is 9.84 Å². The van der Waals surface area contributed by atoms with Crippen LogP contribution in [0.5, 0.6) is 0 Å². The highest BCUT2D eigenvalue weighted by Gasteiger charge is 2.14. The summed E-state index contributed by atoms with van der Waals surface area (Å²) in [5.41, 5.74) is 0. The van der Waals surface area contributed by atoms with E-state index in [9.17, 15) is 12.8 Å². The molecule has 0 bridgehead atoms. The molecule has 90 valence electrons. The normalized spacial score (nSPS) is 13.7. The van der Waals surface area contributed by atoms with E-state index in [-0.39, 0.29) is 10.6 Å². The van der Waals surface area contributed by atoms with E-state index in [2.05, 4.69) is 0 Å². The van der Waals surface area contributed by atoms with Crippen molar-refractivity contribution in [2.45, 2.75) is 30.8 Å². The third-order valence-corrected chi connectivity index (χ3v) is 3.99. The fraction of sp³-hybridized carbons (Fsp3) is 0.455. The minimum absolute atomic E-state index is 0.00177. The van der Waals surface area contributed by atoms with Crippen LogP contribution in [0.2, 0.25) is 0 Å². The first-order valence-corrected chi connectivity index (χ1v) is 6.73. The van der Waals surface area contributed by atoms with Gasteiger partial charge in [-0.1, -0.05) is 6.07 Å². The van der Waals surface area contributed by atoms with Crippen LogP contribution in [-0.4, -0.2) is 25.4 Å². The lowest BCUT2D eigenvalue weighted by atomic mass is 10.2. The number of hydrogen-bond acceptors (Lipinski definition) is 3. The monoisotopic (exact) mass is 246 g/mol. The maximum absolute atomic E-state index is 12.8. The van der Waals surface area contributed by atoms with Gasteiger partial charge in [0.2, 0.25) is 0 Å². The average molecular weight is 246 g/mol. The zero-order chi connectivity index (χ0) is 12.2. The fourth-order valence-electron chi connectivity index (χ4n) is 1.35. The van der Waals surface area contributed by atoms with Crippen molar-refractivity contribution in [2.75, 3.05) is 5.75 Å². The lowest BCUT2D eigenvalue weighted by Crippen LogP contribution is -2.09. The van der Waals surface area contributed by atoms with Crippen LogP contribution in [0, 0.1) is 5.82 Å². The largest absolute Gasteiger partial charge is 0.393 e. The van der Waals surface area contributed by atoms with Crippen LogP contribution in [0.3, 0.4) is 0 Å². The number of aliphatic hydroxyl groups is 1. The maximum Gasteiger partial charge on any atom is 0.178 e. The van der Waals surface area contributed by atoms with E-state index < -0.39 is 21.8 Å². The van der Waals surface area contributed by atoms with E-state index in [1.807, 2.05) is 0 Å². The summed E-state index contributed by atoms with van der Waals surface area (Å²) in [4.78, 5) is -0.00177. The number of benzene rings is 1. The first kappa shape index (κ1) is 13.1. The molecule has 0 amide bonds. The number of rotatable bonds is 5. The molecule has 0 radical (unpaired) electrons. The van der Waals surface area contributed by atoms with Gasteiger partial charge in [0.05, 0.1) is 16.8 Å². The van der Waals surface area contributed by atoms with Gasteiger partial charge in [0.25, 0.3) is 0 Å². The Balaban J connectivity index is 2.71. The van der Waals surface area contributed by atoms with Gasteiger partial charge in [-0.2, -0.15) is 0 Å². The van der Waals surface area contributed by atoms with Gasteiger partial charge in [0, 0.05) is 0 Å². The van der Waals surface area contributed by atoms with Crippen molar-refractivity contribution in [1.29, 1.82) is 0 Å². The van der Waals surface area contributed by atoms with Crippen LogP contribution >= 0.6 is 0 Å². The molecule has 1 aromatic rings. The zero-order valence-corrected chi connectivity index (χ0v) is 9.87. The Hall–Kier alpha value is -0.940. The molecule has 1 atom stereocenters. The van der Waals surface area contributed by atoms with Crippen molar-refractivity contribution in [3.8, 4) is 0 Å². The van der Waals surface area contributed by atoms with Crippen molar-refractivity contribution in [1.82, 2.24) is 0 Å². The van der Waals surface area contributed by atoms with Crippen molar-refractivity contribution >= 4 is 9.84 Å². The van der Waals surface area contributed by atoms with Crippen molar-refractivity contribution < 1.29 is 17.9 Å². The second-order valence-corrected chi connectivity index (χ2v) is 5.88. The standard InChI is InChI=1S/C11H15FO3S/c1-9(13)4-3-7-16(14,15)11-6-2-5-10(12)8-11/h2,5-6,8-9,13H,3-4,7H2,1H3. The van der Waals surface area contributed by atoms with Crippen LogP contribution in [0.25, 0.3) is 0 Å². The quantitative estimate of drug-likeness (QED) is 0.861. The van der Waals surface area contributed by atoms with Crippen LogP contribution in [0.4, 0.5) is 4.39 Å². The molecule has 1 N–H and O–H groups in total. The van der Waals surface area contributed by atoms with E-state index in [1.54, 1.807) is 6.92 Å². The van der Waals surface area contributed by atoms with Gasteiger partial charge in [0.15, 0.2) is 9.84 Å². The first-order chi connectivity index (χ1) is 7.42. The molecule has 0 heterocycles. The van der Waals surface area contributed by atoms with Crippen molar-refractivity contribution in [3.63, 3.8) is 0 Å². The van der Waals surface area contributed by atoms with E-state index in [1.165, 1.54) is 18.2 Å². The average Bonchev–Trinajstić information content (AvgIpc) is 2.16. The van der Waals surface area contributed by atoms with E-state index >= 15 is 0 Å². The number of halogens is 1. The summed E-state index contributed by atoms with van der Waals surface area (Å²) >= 11 is 0. The smallest absolute Gasteiger partial charge is 0.178 e. The number of hydrogen-bond donors (Lipinski definition) is 1. The second kappa shape index (κ2) is 5.41. The molecule has 16 heavy (non-hydrogen) atoms. The van der Waals surface area contributed by atoms with Crippen LogP contribution < -0.4 is 0 Å². The topological polar surface area (TPSA) is 54.4 Å². The third kappa shape index (κ3) is 3.90. The molecular weight excluding hydrogens is 231 g/mol. The molecule has 0 saturated heterocycles. The van der Waals surface area contributed by atoms with Gasteiger partial charge in [0.1, 0.15) is 5.82 Å². The molecule has 0 aromatic heterocycles. The van der Waals surface area contributed by atoms with E-state index in [4.69, 9.17) is 5.11 Å². The van der Waals surface area contributed by atoms with Crippen molar-refractivity contribution in [2.24, 2.45) is 0 Å². The highest BCUT2D eigenvalue weighted by atomic mass is 32.2. The Morgan fingerprint density at radius 3 is 2.69 bits per heavy atom. The van der Waals surface area contributed by atoms with E-state index in [0.29, 0.717) is 12.8 Å². The summed E-state index contributed by atoms with van der Waals surface area (Å²) in [6, 6.07) is 4.96. The molecule has 5 heteroatoms. The van der Waals surface area contributed by atoms with Gasteiger partial charge >= 0.3 is 0 Å². The van der Waals surface area contributed by atoms with Gasteiger partial charge in [-0.15, -0.1) is 0 Å². The summed E-state index contributed by atoms with van der Waals surface area (Å²) in [5, 5.41) is 9.01. The Labute approximate surface area is 94.8 Å². The molecule has 1 unspecified atom stereocenters. The molecule has 0 saturated carbocycles. The molecule has 1 rings (SSSR count). The molecular formula is C11H15FO3S. The maximum atomic E-state index is 12.8. The van der Waals surface area contributed by atoms with Gasteiger partial charge < -0.3 is 5.11 Å². The highest BCUT2D eigenvalue weighted by Crippen LogP contribution is 2.14. The summed E-state index contributed by atoms with van der Waals surface area (Å²) in [7, 11) is -3.43. The summed E-state index contributed by atoms with van der Waals surface area (Å²) in [5.74, 6) is -0.627. The second-order valence-electron chi connectivity index (χ2n) is 3.77. The fourth-order valence-corrected chi connectivity index (χ4v) is 2.71. The Morgan fingerprint density at radius 1 is 1.44 bits per heavy atom. The molecule has 0 aliphatic carbocycles. The summed E-state index contributed by atoms with van der Waals surface area (Å²) in [6.45, 7) is 1.61. The van der Waals surface area contributed by atoms with Gasteiger partial charge in [-0.3, -0.25) is 0 Å². The first-order valence-electron chi connectivity index (χ1n) is 5.08. The van der Waals surface area contributed by atoms with Crippen LogP contribution in [0.15, 0.2) is 29.2 Å². The Bertz CT molecular complexity index is 440. The Kier molecular flexibility index (Phi) is 4.44. The van der Waals surface area contributed by atoms with Crippen LogP contribution in [0.1, 0.15) is 19.8 Å². The minimum atomic E-state index is -3.43. The van der Waals surface area contributed by atoms with Gasteiger partial charge in [-0.05, 0) is 38.0 Å². The zero-order valence-electron chi connectivity index (χ0n) is 9.06. The molecule has 1 aromatic carbocycles. The number of aliphatic hydroxyl groups excluding tert-OH is 1. The lowest BCUT2D eigenvalue weighted by molar-refractivity contribution is 0.184. The van der Waals surface area contributed by atoms with Crippen molar-refractivity contribution in [3.05, 3.63) is 30.1 Å². The van der Waals surface area contributed by atoms with Gasteiger partial charge in [-0.25, -0.2) is 12.8 Å². The SMILES string of the molecule is CC(O)CCCS(=O)(=O)c1cccc(F)c1. The predicted molar refractivity (Wildman–Crippen MR) is 59.4 cm³/mol. The molecule has 0 fully saturated rings. The number of sulfone groups is 1. The molecule has 0 spiro atoms. The summed E-state index contributed by atoms with van der Waals surface area (Å²) in [6.07, 6.45) is 0.285. The van der Waals surface area contributed by atoms with E-state index in [0.717, 1.165) is 6.07 Å². The predicted octanol–water partition coefficient (Wildman–Crippen LogP) is 1.76. The minimum Gasteiger partial charge on any atom is -0.393 e. The third-order valence-electron chi connectivity index (χ3n) is 2.19.